The second-order valence-corrected chi connectivity index (χ2v) is 10.2. The summed E-state index contributed by atoms with van der Waals surface area (Å²) in [4.78, 5) is 27.6. The van der Waals surface area contributed by atoms with Crippen molar-refractivity contribution in [2.45, 2.75) is 64.8 Å². The second kappa shape index (κ2) is 11.2. The molecule has 1 unspecified atom stereocenters. The van der Waals surface area contributed by atoms with Crippen molar-refractivity contribution in [2.75, 3.05) is 18.4 Å². The first-order valence-corrected chi connectivity index (χ1v) is 12.1. The minimum atomic E-state index is -0.953. The van der Waals surface area contributed by atoms with E-state index in [4.69, 9.17) is 16.3 Å². The van der Waals surface area contributed by atoms with E-state index in [1.165, 1.54) is 11.0 Å². The van der Waals surface area contributed by atoms with Crippen molar-refractivity contribution in [3.63, 3.8) is 0 Å². The Hall–Kier alpha value is -3.00. The summed E-state index contributed by atoms with van der Waals surface area (Å²) < 4.78 is 20.2. The normalized spacial score (nSPS) is 15.4. The van der Waals surface area contributed by atoms with E-state index < -0.39 is 23.6 Å². The van der Waals surface area contributed by atoms with Gasteiger partial charge in [-0.25, -0.2) is 14.0 Å². The molecule has 0 saturated carbocycles. The Morgan fingerprint density at radius 2 is 1.89 bits per heavy atom. The molecule has 1 fully saturated rings. The van der Waals surface area contributed by atoms with Gasteiger partial charge in [0.2, 0.25) is 0 Å². The maximum absolute atomic E-state index is 14.5. The number of piperidine rings is 1. The smallest absolute Gasteiger partial charge is 0.410 e. The van der Waals surface area contributed by atoms with Gasteiger partial charge in [0.05, 0.1) is 12.6 Å². The molecule has 1 heterocycles. The molecule has 9 heteroatoms. The van der Waals surface area contributed by atoms with E-state index in [2.05, 4.69) is 5.32 Å². The van der Waals surface area contributed by atoms with Crippen LogP contribution in [0.5, 0.6) is 0 Å². The maximum atomic E-state index is 14.5. The number of carboxylic acid groups (broad SMARTS) is 1. The SMILES string of the molecule is CC(Nc1ccccc1CN(C(=O)OC(C)(C)C)C1CCN(C(=O)O)CC1)c1ccc(Cl)cc1F. The van der Waals surface area contributed by atoms with Crippen molar-refractivity contribution < 1.29 is 23.8 Å². The van der Waals surface area contributed by atoms with Gasteiger partial charge in [0, 0.05) is 35.4 Å². The summed E-state index contributed by atoms with van der Waals surface area (Å²) in [6.07, 6.45) is -0.357. The van der Waals surface area contributed by atoms with Crippen LogP contribution >= 0.6 is 11.6 Å². The van der Waals surface area contributed by atoms with Crippen LogP contribution in [0.3, 0.4) is 0 Å². The zero-order chi connectivity index (χ0) is 25.8. The summed E-state index contributed by atoms with van der Waals surface area (Å²) in [7, 11) is 0. The van der Waals surface area contributed by atoms with Crippen molar-refractivity contribution in [2.24, 2.45) is 0 Å². The van der Waals surface area contributed by atoms with Gasteiger partial charge in [0.25, 0.3) is 0 Å². The molecule has 0 spiro atoms. The molecule has 1 aliphatic rings. The van der Waals surface area contributed by atoms with Gasteiger partial charge >= 0.3 is 12.2 Å². The molecule has 3 rings (SSSR count). The average molecular weight is 506 g/mol. The molecule has 2 amide bonds. The van der Waals surface area contributed by atoms with Gasteiger partial charge in [-0.3, -0.25) is 0 Å². The maximum Gasteiger partial charge on any atom is 0.410 e. The lowest BCUT2D eigenvalue weighted by Crippen LogP contribution is -2.49. The van der Waals surface area contributed by atoms with Crippen LogP contribution < -0.4 is 5.32 Å². The van der Waals surface area contributed by atoms with Crippen molar-refractivity contribution in [1.29, 1.82) is 0 Å². The Morgan fingerprint density at radius 3 is 2.49 bits per heavy atom. The molecule has 2 N–H and O–H groups in total. The number of rotatable bonds is 6. The number of amides is 2. The Morgan fingerprint density at radius 1 is 1.23 bits per heavy atom. The number of anilines is 1. The number of hydrogen-bond donors (Lipinski definition) is 2. The predicted molar refractivity (Wildman–Crippen MR) is 134 cm³/mol. The van der Waals surface area contributed by atoms with Crippen molar-refractivity contribution in [3.8, 4) is 0 Å². The van der Waals surface area contributed by atoms with Crippen molar-refractivity contribution >= 4 is 29.5 Å². The van der Waals surface area contributed by atoms with Gasteiger partial charge in [-0.05, 0) is 64.3 Å². The van der Waals surface area contributed by atoms with Gasteiger partial charge in [-0.15, -0.1) is 0 Å². The molecule has 1 atom stereocenters. The van der Waals surface area contributed by atoms with Gasteiger partial charge in [0.15, 0.2) is 0 Å². The van der Waals surface area contributed by atoms with Crippen LogP contribution in [0.2, 0.25) is 5.02 Å². The van der Waals surface area contributed by atoms with E-state index >= 15 is 0 Å². The number of carbonyl (C=O) groups excluding carboxylic acids is 1. The highest BCUT2D eigenvalue weighted by Gasteiger charge is 2.32. The van der Waals surface area contributed by atoms with Crippen LogP contribution in [0.4, 0.5) is 19.7 Å². The molecule has 0 bridgehead atoms. The molecule has 0 radical (unpaired) electrons. The molecule has 190 valence electrons. The van der Waals surface area contributed by atoms with Gasteiger partial charge in [-0.1, -0.05) is 35.9 Å². The molecule has 0 aliphatic carbocycles. The number of nitrogens with one attached hydrogen (secondary N) is 1. The van der Waals surface area contributed by atoms with Crippen molar-refractivity contribution in [1.82, 2.24) is 9.80 Å². The monoisotopic (exact) mass is 505 g/mol. The zero-order valence-electron chi connectivity index (χ0n) is 20.6. The third-order valence-electron chi connectivity index (χ3n) is 5.96. The van der Waals surface area contributed by atoms with Gasteiger partial charge < -0.3 is 25.0 Å². The number of nitrogens with zero attached hydrogens (tertiary/aromatic N) is 2. The number of carbonyl (C=O) groups is 2. The van der Waals surface area contributed by atoms with E-state index in [9.17, 15) is 19.1 Å². The summed E-state index contributed by atoms with van der Waals surface area (Å²) in [5.41, 5.74) is 1.43. The van der Waals surface area contributed by atoms with E-state index in [0.29, 0.717) is 36.5 Å². The molecule has 0 aromatic heterocycles. The molecule has 1 saturated heterocycles. The Balaban J connectivity index is 1.83. The first-order chi connectivity index (χ1) is 16.4. The highest BCUT2D eigenvalue weighted by molar-refractivity contribution is 6.30. The highest BCUT2D eigenvalue weighted by atomic mass is 35.5. The first-order valence-electron chi connectivity index (χ1n) is 11.7. The number of ether oxygens (including phenoxy) is 1. The summed E-state index contributed by atoms with van der Waals surface area (Å²) >= 11 is 5.89. The highest BCUT2D eigenvalue weighted by Crippen LogP contribution is 2.29. The number of para-hydroxylation sites is 1. The van der Waals surface area contributed by atoms with E-state index in [1.807, 2.05) is 52.0 Å². The lowest BCUT2D eigenvalue weighted by atomic mass is 10.0. The summed E-state index contributed by atoms with van der Waals surface area (Å²) in [5.74, 6) is -0.393. The molecule has 7 nitrogen and oxygen atoms in total. The minimum Gasteiger partial charge on any atom is -0.465 e. The Bertz CT molecular complexity index is 1050. The molecule has 1 aliphatic heterocycles. The van der Waals surface area contributed by atoms with E-state index in [1.54, 1.807) is 17.0 Å². The lowest BCUT2D eigenvalue weighted by molar-refractivity contribution is 0.00669. The topological polar surface area (TPSA) is 82.1 Å². The molecular weight excluding hydrogens is 473 g/mol. The van der Waals surface area contributed by atoms with E-state index in [0.717, 1.165) is 11.3 Å². The van der Waals surface area contributed by atoms with Crippen LogP contribution in [0.1, 0.15) is 57.7 Å². The second-order valence-electron chi connectivity index (χ2n) is 9.80. The largest absolute Gasteiger partial charge is 0.465 e. The molecule has 35 heavy (non-hydrogen) atoms. The lowest BCUT2D eigenvalue weighted by Gasteiger charge is -2.38. The summed E-state index contributed by atoms with van der Waals surface area (Å²) in [6.45, 7) is 8.27. The standard InChI is InChI=1S/C26H33ClFN3O4/c1-17(21-10-9-19(27)15-22(21)28)29-23-8-6-5-7-18(23)16-31(25(34)35-26(2,3)4)20-11-13-30(14-12-20)24(32)33/h5-10,15,17,20,29H,11-14,16H2,1-4H3,(H,32,33). The fourth-order valence-corrected chi connectivity index (χ4v) is 4.34. The number of likely N-dealkylation sites (tertiary alicyclic amines) is 1. The Labute approximate surface area is 210 Å². The molecular formula is C26H33ClFN3O4. The number of hydrogen-bond acceptors (Lipinski definition) is 4. The molecule has 2 aromatic carbocycles. The first kappa shape index (κ1) is 26.6. The fourth-order valence-electron chi connectivity index (χ4n) is 4.18. The average Bonchev–Trinajstić information content (AvgIpc) is 2.77. The summed E-state index contributed by atoms with van der Waals surface area (Å²) in [5, 5.41) is 13.0. The third kappa shape index (κ3) is 7.24. The van der Waals surface area contributed by atoms with Crippen molar-refractivity contribution in [3.05, 3.63) is 64.4 Å². The van der Waals surface area contributed by atoms with Crippen LogP contribution in [-0.2, 0) is 11.3 Å². The third-order valence-corrected chi connectivity index (χ3v) is 6.20. The van der Waals surface area contributed by atoms with E-state index in [-0.39, 0.29) is 18.6 Å². The van der Waals surface area contributed by atoms with Gasteiger partial charge in [-0.2, -0.15) is 0 Å². The van der Waals surface area contributed by atoms with Crippen LogP contribution in [0, 0.1) is 5.82 Å². The zero-order valence-corrected chi connectivity index (χ0v) is 21.3. The molecule has 2 aromatic rings. The number of halogens is 2. The predicted octanol–water partition coefficient (Wildman–Crippen LogP) is 6.53. The van der Waals surface area contributed by atoms with Gasteiger partial charge in [0.1, 0.15) is 11.4 Å². The van der Waals surface area contributed by atoms with Crippen LogP contribution in [0.25, 0.3) is 0 Å². The van der Waals surface area contributed by atoms with Crippen LogP contribution in [0.15, 0.2) is 42.5 Å². The van der Waals surface area contributed by atoms with Crippen LogP contribution in [-0.4, -0.2) is 51.8 Å². The Kier molecular flexibility index (Phi) is 8.48. The minimum absolute atomic E-state index is 0.167. The summed E-state index contributed by atoms with van der Waals surface area (Å²) in [6, 6.07) is 11.6. The fraction of sp³-hybridized carbons (Fsp3) is 0.462. The quantitative estimate of drug-likeness (QED) is 0.466. The number of benzene rings is 2.